The molecule has 0 saturated carbocycles. The first kappa shape index (κ1) is 13.7. The quantitative estimate of drug-likeness (QED) is 0.848. The van der Waals surface area contributed by atoms with E-state index in [1.54, 1.807) is 0 Å². The fraction of sp³-hybridized carbons (Fsp3) is 0.500. The Labute approximate surface area is 114 Å². The Balaban J connectivity index is 1.84. The lowest BCUT2D eigenvalue weighted by Gasteiger charge is -2.26. The van der Waals surface area contributed by atoms with Crippen LogP contribution in [0.3, 0.4) is 0 Å². The van der Waals surface area contributed by atoms with Crippen molar-refractivity contribution in [1.82, 2.24) is 0 Å². The van der Waals surface area contributed by atoms with Gasteiger partial charge >= 0.3 is 0 Å². The summed E-state index contributed by atoms with van der Waals surface area (Å²) in [5.41, 5.74) is 0. The predicted molar refractivity (Wildman–Crippen MR) is 74.3 cm³/mol. The number of hydrogen-bond donors (Lipinski definition) is 1. The molecule has 0 unspecified atom stereocenters. The van der Waals surface area contributed by atoms with E-state index in [-0.39, 0.29) is 5.75 Å². The van der Waals surface area contributed by atoms with E-state index < -0.39 is 16.8 Å². The highest BCUT2D eigenvalue weighted by molar-refractivity contribution is 7.58. The smallest absolute Gasteiger partial charge is 0.209 e. The van der Waals surface area contributed by atoms with Crippen LogP contribution in [0.2, 0.25) is 0 Å². The third kappa shape index (κ3) is 3.08. The van der Waals surface area contributed by atoms with Crippen LogP contribution >= 0.6 is 16.8 Å². The van der Waals surface area contributed by atoms with Crippen LogP contribution in [0.15, 0.2) is 18.2 Å². The third-order valence-electron chi connectivity index (χ3n) is 2.80. The maximum Gasteiger partial charge on any atom is 0.209 e. The molecule has 1 aromatic rings. The van der Waals surface area contributed by atoms with Crippen molar-refractivity contribution in [3.63, 3.8) is 0 Å². The van der Waals surface area contributed by atoms with Gasteiger partial charge in [-0.05, 0) is 25.0 Å². The van der Waals surface area contributed by atoms with Gasteiger partial charge in [-0.15, -0.1) is 0 Å². The van der Waals surface area contributed by atoms with E-state index in [0.717, 1.165) is 12.8 Å². The summed E-state index contributed by atoms with van der Waals surface area (Å²) in [4.78, 5) is 0. The first-order valence-electron chi connectivity index (χ1n) is 6.30. The van der Waals surface area contributed by atoms with E-state index in [1.165, 1.54) is 0 Å². The average Bonchev–Trinajstić information content (AvgIpc) is 2.49. The average molecular weight is 302 g/mol. The van der Waals surface area contributed by atoms with Gasteiger partial charge in [-0.3, -0.25) is 0 Å². The molecule has 2 heterocycles. The molecular formula is C12H16O5P2. The number of aromatic hydroxyl groups is 1. The van der Waals surface area contributed by atoms with Crippen LogP contribution in [0.4, 0.5) is 0 Å². The summed E-state index contributed by atoms with van der Waals surface area (Å²) in [5, 5.41) is 11.8. The standard InChI is InChI=1S/C12H16O5P2/c13-12-10(18-14-6-2-7-15-18)4-1-5-11(12)19-16-8-3-9-17-19/h1,4-5,13H,2-3,6-9H2. The van der Waals surface area contributed by atoms with Gasteiger partial charge in [0.15, 0.2) is 0 Å². The number of hydrogen-bond acceptors (Lipinski definition) is 5. The highest BCUT2D eigenvalue weighted by Crippen LogP contribution is 2.46. The summed E-state index contributed by atoms with van der Waals surface area (Å²) in [6.07, 6.45) is 1.80. The molecule has 3 rings (SSSR count). The minimum atomic E-state index is -1.18. The lowest BCUT2D eigenvalue weighted by molar-refractivity contribution is 0.187. The number of phenols is 1. The van der Waals surface area contributed by atoms with Crippen LogP contribution in [0.25, 0.3) is 0 Å². The molecule has 2 fully saturated rings. The molecule has 7 heteroatoms. The SMILES string of the molecule is Oc1c(P2OCCCO2)cccc1P1OCCCO1. The summed E-state index contributed by atoms with van der Waals surface area (Å²) in [6, 6.07) is 5.57. The Morgan fingerprint density at radius 3 is 1.63 bits per heavy atom. The molecule has 1 aromatic carbocycles. The summed E-state index contributed by atoms with van der Waals surface area (Å²) in [5.74, 6) is 0.198. The highest BCUT2D eigenvalue weighted by Gasteiger charge is 2.27. The van der Waals surface area contributed by atoms with E-state index in [2.05, 4.69) is 0 Å². The lowest BCUT2D eigenvalue weighted by atomic mass is 10.3. The minimum absolute atomic E-state index is 0.198. The van der Waals surface area contributed by atoms with Gasteiger partial charge in [0, 0.05) is 0 Å². The van der Waals surface area contributed by atoms with Crippen molar-refractivity contribution in [2.24, 2.45) is 0 Å². The van der Waals surface area contributed by atoms with E-state index in [0.29, 0.717) is 37.0 Å². The Morgan fingerprint density at radius 1 is 0.789 bits per heavy atom. The Kier molecular flexibility index (Phi) is 4.65. The van der Waals surface area contributed by atoms with E-state index in [1.807, 2.05) is 18.2 Å². The molecule has 1 N–H and O–H groups in total. The van der Waals surface area contributed by atoms with Crippen LogP contribution in [0.1, 0.15) is 12.8 Å². The fourth-order valence-corrected chi connectivity index (χ4v) is 4.85. The van der Waals surface area contributed by atoms with Crippen molar-refractivity contribution in [2.75, 3.05) is 26.4 Å². The van der Waals surface area contributed by atoms with Gasteiger partial charge in [-0.1, -0.05) is 6.07 Å². The molecule has 104 valence electrons. The van der Waals surface area contributed by atoms with Crippen molar-refractivity contribution in [1.29, 1.82) is 0 Å². The zero-order valence-corrected chi connectivity index (χ0v) is 12.2. The molecule has 0 bridgehead atoms. The molecule has 0 atom stereocenters. The molecule has 5 nitrogen and oxygen atoms in total. The van der Waals surface area contributed by atoms with Gasteiger partial charge in [0.1, 0.15) is 5.75 Å². The van der Waals surface area contributed by atoms with E-state index >= 15 is 0 Å². The summed E-state index contributed by atoms with van der Waals surface area (Å²) in [6.45, 7) is 2.71. The van der Waals surface area contributed by atoms with Gasteiger partial charge in [-0.25, -0.2) is 0 Å². The van der Waals surface area contributed by atoms with E-state index in [9.17, 15) is 5.11 Å². The Hall–Kier alpha value is -0.280. The summed E-state index contributed by atoms with van der Waals surface area (Å²) < 4.78 is 22.4. The fourth-order valence-electron chi connectivity index (χ4n) is 1.87. The van der Waals surface area contributed by atoms with Gasteiger partial charge < -0.3 is 23.2 Å². The normalized spacial score (nSPS) is 22.5. The second kappa shape index (κ2) is 6.45. The minimum Gasteiger partial charge on any atom is -0.506 e. The largest absolute Gasteiger partial charge is 0.506 e. The molecule has 0 radical (unpaired) electrons. The van der Waals surface area contributed by atoms with E-state index in [4.69, 9.17) is 18.1 Å². The molecule has 2 aliphatic rings. The van der Waals surface area contributed by atoms with Crippen molar-refractivity contribution in [2.45, 2.75) is 12.8 Å². The monoisotopic (exact) mass is 302 g/mol. The number of benzene rings is 1. The van der Waals surface area contributed by atoms with Gasteiger partial charge in [-0.2, -0.15) is 0 Å². The van der Waals surface area contributed by atoms with Crippen molar-refractivity contribution in [3.8, 4) is 5.75 Å². The van der Waals surface area contributed by atoms with Crippen molar-refractivity contribution >= 4 is 27.4 Å². The highest BCUT2D eigenvalue weighted by atomic mass is 31.2. The molecule has 2 aliphatic heterocycles. The molecule has 0 amide bonds. The molecule has 0 aromatic heterocycles. The second-order valence-electron chi connectivity index (χ2n) is 4.20. The topological polar surface area (TPSA) is 57.2 Å². The van der Waals surface area contributed by atoms with Gasteiger partial charge in [0.05, 0.1) is 37.0 Å². The van der Waals surface area contributed by atoms with Crippen molar-refractivity contribution in [3.05, 3.63) is 18.2 Å². The van der Waals surface area contributed by atoms with Crippen LogP contribution in [-0.4, -0.2) is 31.5 Å². The Morgan fingerprint density at radius 2 is 1.21 bits per heavy atom. The van der Waals surface area contributed by atoms with Crippen LogP contribution in [0, 0.1) is 0 Å². The number of rotatable bonds is 2. The maximum absolute atomic E-state index is 10.4. The first-order valence-corrected chi connectivity index (χ1v) is 8.65. The summed E-state index contributed by atoms with van der Waals surface area (Å²) in [7, 11) is -2.35. The van der Waals surface area contributed by atoms with Crippen LogP contribution < -0.4 is 10.6 Å². The zero-order chi connectivity index (χ0) is 13.1. The van der Waals surface area contributed by atoms with Gasteiger partial charge in [0.25, 0.3) is 0 Å². The van der Waals surface area contributed by atoms with Gasteiger partial charge in [0.2, 0.25) is 16.8 Å². The van der Waals surface area contributed by atoms with Crippen LogP contribution in [-0.2, 0) is 18.1 Å². The predicted octanol–water partition coefficient (Wildman–Crippen LogP) is 2.14. The molecule has 0 aliphatic carbocycles. The Bertz CT molecular complexity index is 394. The van der Waals surface area contributed by atoms with Crippen molar-refractivity contribution < 1.29 is 23.2 Å². The first-order chi connectivity index (χ1) is 9.36. The maximum atomic E-state index is 10.4. The molecule has 0 spiro atoms. The van der Waals surface area contributed by atoms with Crippen LogP contribution in [0.5, 0.6) is 5.75 Å². The zero-order valence-electron chi connectivity index (χ0n) is 10.4. The summed E-state index contributed by atoms with van der Waals surface area (Å²) >= 11 is 0. The third-order valence-corrected chi connectivity index (χ3v) is 5.98. The lowest BCUT2D eigenvalue weighted by Crippen LogP contribution is -2.20. The molecule has 19 heavy (non-hydrogen) atoms. The molecule has 2 saturated heterocycles. The second-order valence-corrected chi connectivity index (χ2v) is 7.22. The molecular weight excluding hydrogens is 286 g/mol. The number of para-hydroxylation sites is 1. The number of phenolic OH excluding ortho intramolecular Hbond substituents is 1.